The molecule has 0 saturated carbocycles. The van der Waals surface area contributed by atoms with E-state index in [0.29, 0.717) is 17.3 Å². The Kier molecular flexibility index (Phi) is 3.96. The molecule has 3 rings (SSSR count). The van der Waals surface area contributed by atoms with Gasteiger partial charge in [-0.05, 0) is 37.1 Å². The van der Waals surface area contributed by atoms with Crippen molar-refractivity contribution >= 4 is 27.5 Å². The van der Waals surface area contributed by atoms with E-state index in [9.17, 15) is 4.79 Å². The molecular formula is C15H17BrN4O. The monoisotopic (exact) mass is 348 g/mol. The molecule has 0 bridgehead atoms. The molecule has 6 heteroatoms. The Labute approximate surface area is 131 Å². The van der Waals surface area contributed by atoms with E-state index < -0.39 is 0 Å². The minimum absolute atomic E-state index is 0.00714. The van der Waals surface area contributed by atoms with Crippen molar-refractivity contribution < 1.29 is 4.79 Å². The summed E-state index contributed by atoms with van der Waals surface area (Å²) < 4.78 is 2.85. The number of piperidine rings is 1. The van der Waals surface area contributed by atoms with Gasteiger partial charge in [0.2, 0.25) is 0 Å². The quantitative estimate of drug-likeness (QED) is 0.848. The molecule has 0 radical (unpaired) electrons. The first-order chi connectivity index (χ1) is 10.1. The second-order valence-electron chi connectivity index (χ2n) is 5.24. The van der Waals surface area contributed by atoms with E-state index in [4.69, 9.17) is 5.73 Å². The number of nitrogen functional groups attached to an aromatic ring is 1. The van der Waals surface area contributed by atoms with Gasteiger partial charge in [0, 0.05) is 35.6 Å². The van der Waals surface area contributed by atoms with Gasteiger partial charge in [0.15, 0.2) is 0 Å². The fraction of sp³-hybridized carbons (Fsp3) is 0.333. The van der Waals surface area contributed by atoms with Gasteiger partial charge in [-0.3, -0.25) is 9.48 Å². The van der Waals surface area contributed by atoms with Crippen LogP contribution in [0.3, 0.4) is 0 Å². The average Bonchev–Trinajstić information content (AvgIpc) is 3.03. The second kappa shape index (κ2) is 5.89. The molecule has 1 saturated heterocycles. The molecule has 110 valence electrons. The third-order valence-electron chi connectivity index (χ3n) is 3.90. The average molecular weight is 349 g/mol. The van der Waals surface area contributed by atoms with Crippen molar-refractivity contribution in [3.63, 3.8) is 0 Å². The Morgan fingerprint density at radius 3 is 2.76 bits per heavy atom. The summed E-state index contributed by atoms with van der Waals surface area (Å²) in [5.74, 6) is 0.00714. The normalized spacial score (nSPS) is 16.1. The molecule has 0 spiro atoms. The van der Waals surface area contributed by atoms with Crippen molar-refractivity contribution in [3.8, 4) is 0 Å². The number of anilines is 1. The highest BCUT2D eigenvalue weighted by atomic mass is 79.9. The Bertz CT molecular complexity index is 633. The molecule has 1 fully saturated rings. The topological polar surface area (TPSA) is 64.2 Å². The second-order valence-corrected chi connectivity index (χ2v) is 6.16. The number of benzene rings is 1. The minimum atomic E-state index is 0.00714. The molecule has 1 aromatic carbocycles. The third-order valence-corrected chi connectivity index (χ3v) is 4.39. The maximum Gasteiger partial charge on any atom is 0.255 e. The molecule has 2 N–H and O–H groups in total. The SMILES string of the molecule is Nc1ccc(Br)cc1C(=O)N1CCC(n2cccn2)CC1. The van der Waals surface area contributed by atoms with Crippen LogP contribution in [0.5, 0.6) is 0 Å². The van der Waals surface area contributed by atoms with Crippen LogP contribution in [0, 0.1) is 0 Å². The zero-order chi connectivity index (χ0) is 14.8. The van der Waals surface area contributed by atoms with Crippen molar-refractivity contribution in [3.05, 3.63) is 46.7 Å². The van der Waals surface area contributed by atoms with Gasteiger partial charge in [-0.15, -0.1) is 0 Å². The van der Waals surface area contributed by atoms with Crippen LogP contribution in [-0.2, 0) is 0 Å². The number of likely N-dealkylation sites (tertiary alicyclic amines) is 1. The maximum atomic E-state index is 12.6. The van der Waals surface area contributed by atoms with Gasteiger partial charge in [-0.25, -0.2) is 0 Å². The first-order valence-corrected chi connectivity index (χ1v) is 7.78. The number of nitrogens with zero attached hydrogens (tertiary/aromatic N) is 3. The van der Waals surface area contributed by atoms with Crippen LogP contribution < -0.4 is 5.73 Å². The number of hydrogen-bond donors (Lipinski definition) is 1. The van der Waals surface area contributed by atoms with E-state index in [0.717, 1.165) is 30.4 Å². The number of carbonyl (C=O) groups excluding carboxylic acids is 1. The van der Waals surface area contributed by atoms with Crippen LogP contribution in [-0.4, -0.2) is 33.7 Å². The first-order valence-electron chi connectivity index (χ1n) is 6.98. The molecule has 0 unspecified atom stereocenters. The highest BCUT2D eigenvalue weighted by Crippen LogP contribution is 2.25. The zero-order valence-electron chi connectivity index (χ0n) is 11.6. The van der Waals surface area contributed by atoms with Crippen LogP contribution in [0.2, 0.25) is 0 Å². The Hall–Kier alpha value is -1.82. The molecule has 0 atom stereocenters. The molecule has 21 heavy (non-hydrogen) atoms. The Morgan fingerprint density at radius 1 is 1.33 bits per heavy atom. The summed E-state index contributed by atoms with van der Waals surface area (Å²) >= 11 is 3.39. The van der Waals surface area contributed by atoms with E-state index >= 15 is 0 Å². The summed E-state index contributed by atoms with van der Waals surface area (Å²) in [5.41, 5.74) is 7.02. The number of carbonyl (C=O) groups is 1. The minimum Gasteiger partial charge on any atom is -0.398 e. The van der Waals surface area contributed by atoms with Gasteiger partial charge in [0.25, 0.3) is 5.91 Å². The lowest BCUT2D eigenvalue weighted by Crippen LogP contribution is -2.39. The lowest BCUT2D eigenvalue weighted by molar-refractivity contribution is 0.0691. The third kappa shape index (κ3) is 2.95. The van der Waals surface area contributed by atoms with Crippen LogP contribution in [0.25, 0.3) is 0 Å². The number of amides is 1. The predicted molar refractivity (Wildman–Crippen MR) is 85.0 cm³/mol. The van der Waals surface area contributed by atoms with Crippen LogP contribution in [0.4, 0.5) is 5.69 Å². The van der Waals surface area contributed by atoms with E-state index in [1.165, 1.54) is 0 Å². The molecule has 1 aliphatic rings. The summed E-state index contributed by atoms with van der Waals surface area (Å²) in [7, 11) is 0. The van der Waals surface area contributed by atoms with Crippen molar-refractivity contribution in [1.82, 2.24) is 14.7 Å². The van der Waals surface area contributed by atoms with Crippen molar-refractivity contribution in [2.24, 2.45) is 0 Å². The van der Waals surface area contributed by atoms with Crippen molar-refractivity contribution in [1.29, 1.82) is 0 Å². The number of rotatable bonds is 2. The largest absolute Gasteiger partial charge is 0.398 e. The van der Waals surface area contributed by atoms with Crippen LogP contribution >= 0.6 is 15.9 Å². The zero-order valence-corrected chi connectivity index (χ0v) is 13.2. The van der Waals surface area contributed by atoms with E-state index in [-0.39, 0.29) is 5.91 Å². The van der Waals surface area contributed by atoms with Gasteiger partial charge >= 0.3 is 0 Å². The number of halogens is 1. The molecule has 1 amide bonds. The fourth-order valence-electron chi connectivity index (χ4n) is 2.71. The Morgan fingerprint density at radius 2 is 2.10 bits per heavy atom. The van der Waals surface area contributed by atoms with Crippen LogP contribution in [0.15, 0.2) is 41.1 Å². The van der Waals surface area contributed by atoms with Gasteiger partial charge in [-0.1, -0.05) is 15.9 Å². The smallest absolute Gasteiger partial charge is 0.255 e. The highest BCUT2D eigenvalue weighted by Gasteiger charge is 2.25. The summed E-state index contributed by atoms with van der Waals surface area (Å²) in [6, 6.07) is 7.70. The molecule has 0 aliphatic carbocycles. The lowest BCUT2D eigenvalue weighted by Gasteiger charge is -2.32. The summed E-state index contributed by atoms with van der Waals surface area (Å²) in [6.45, 7) is 1.46. The standard InChI is InChI=1S/C15H17BrN4O/c16-11-2-3-14(17)13(10-11)15(21)19-8-4-12(5-9-19)20-7-1-6-18-20/h1-3,6-7,10,12H,4-5,8-9,17H2. The van der Waals surface area contributed by atoms with E-state index in [1.807, 2.05) is 27.9 Å². The van der Waals surface area contributed by atoms with Crippen molar-refractivity contribution in [2.75, 3.05) is 18.8 Å². The number of hydrogen-bond acceptors (Lipinski definition) is 3. The van der Waals surface area contributed by atoms with Gasteiger partial charge < -0.3 is 10.6 Å². The molecule has 2 aromatic rings. The number of nitrogens with two attached hydrogens (primary N) is 1. The van der Waals surface area contributed by atoms with Gasteiger partial charge in [-0.2, -0.15) is 5.10 Å². The van der Waals surface area contributed by atoms with Gasteiger partial charge in [0.1, 0.15) is 0 Å². The highest BCUT2D eigenvalue weighted by molar-refractivity contribution is 9.10. The molecule has 1 aliphatic heterocycles. The first kappa shape index (κ1) is 14.1. The van der Waals surface area contributed by atoms with E-state index in [2.05, 4.69) is 21.0 Å². The Balaban J connectivity index is 1.69. The lowest BCUT2D eigenvalue weighted by atomic mass is 10.0. The van der Waals surface area contributed by atoms with Gasteiger partial charge in [0.05, 0.1) is 11.6 Å². The molecule has 5 nitrogen and oxygen atoms in total. The fourth-order valence-corrected chi connectivity index (χ4v) is 3.08. The molecular weight excluding hydrogens is 332 g/mol. The summed E-state index contributed by atoms with van der Waals surface area (Å²) in [4.78, 5) is 14.4. The van der Waals surface area contributed by atoms with Crippen molar-refractivity contribution in [2.45, 2.75) is 18.9 Å². The maximum absolute atomic E-state index is 12.6. The van der Waals surface area contributed by atoms with Crippen LogP contribution in [0.1, 0.15) is 29.2 Å². The summed E-state index contributed by atoms with van der Waals surface area (Å²) in [6.07, 6.45) is 5.61. The number of aromatic nitrogens is 2. The summed E-state index contributed by atoms with van der Waals surface area (Å²) in [5, 5.41) is 4.28. The van der Waals surface area contributed by atoms with E-state index in [1.54, 1.807) is 18.3 Å². The molecule has 2 heterocycles. The predicted octanol–water partition coefficient (Wildman–Crippen LogP) is 2.71. The molecule has 1 aromatic heterocycles.